The maximum Gasteiger partial charge on any atom is 0.205 e. The average molecular weight is 254 g/mol. The third kappa shape index (κ3) is 3.39. The molecule has 1 heterocycles. The molecule has 1 aromatic rings. The van der Waals surface area contributed by atoms with Crippen LogP contribution < -0.4 is 5.32 Å². The average Bonchev–Trinajstić information content (AvgIpc) is 2.97. The molecule has 0 aromatic carbocycles. The lowest BCUT2D eigenvalue weighted by molar-refractivity contribution is 0.199. The molecule has 0 amide bonds. The number of nitrogens with zero attached hydrogens (tertiary/aromatic N) is 3. The molecule has 0 saturated heterocycles. The Bertz CT molecular complexity index is 333. The van der Waals surface area contributed by atoms with Crippen molar-refractivity contribution in [3.63, 3.8) is 0 Å². The molecule has 4 nitrogen and oxygen atoms in total. The predicted octanol–water partition coefficient (Wildman–Crippen LogP) is 2.73. The molecule has 1 N–H and O–H groups in total. The zero-order valence-corrected chi connectivity index (χ0v) is 11.6. The number of anilines is 1. The van der Waals surface area contributed by atoms with Gasteiger partial charge < -0.3 is 5.32 Å². The van der Waals surface area contributed by atoms with Crippen LogP contribution in [0.4, 0.5) is 5.13 Å². The SMILES string of the molecule is CCNc1nnc(CN(CC)C2CCCC2)s1. The Morgan fingerprint density at radius 2 is 2.06 bits per heavy atom. The van der Waals surface area contributed by atoms with E-state index in [9.17, 15) is 0 Å². The van der Waals surface area contributed by atoms with Crippen LogP contribution in [0.1, 0.15) is 44.5 Å². The van der Waals surface area contributed by atoms with Gasteiger partial charge in [0.2, 0.25) is 5.13 Å². The van der Waals surface area contributed by atoms with Crippen molar-refractivity contribution in [3.05, 3.63) is 5.01 Å². The van der Waals surface area contributed by atoms with Crippen LogP contribution in [-0.2, 0) is 6.54 Å². The van der Waals surface area contributed by atoms with E-state index in [1.807, 2.05) is 0 Å². The van der Waals surface area contributed by atoms with Crippen LogP contribution in [0.3, 0.4) is 0 Å². The number of nitrogens with one attached hydrogen (secondary N) is 1. The summed E-state index contributed by atoms with van der Waals surface area (Å²) < 4.78 is 0. The van der Waals surface area contributed by atoms with Gasteiger partial charge in [-0.15, -0.1) is 10.2 Å². The topological polar surface area (TPSA) is 41.1 Å². The lowest BCUT2D eigenvalue weighted by atomic mass is 10.2. The quantitative estimate of drug-likeness (QED) is 0.847. The second-order valence-electron chi connectivity index (χ2n) is 4.53. The molecule has 1 aromatic heterocycles. The highest BCUT2D eigenvalue weighted by atomic mass is 32.1. The second-order valence-corrected chi connectivity index (χ2v) is 5.59. The Kier molecular flexibility index (Phi) is 4.74. The first-order valence-electron chi connectivity index (χ1n) is 6.63. The molecule has 1 aliphatic rings. The molecule has 0 radical (unpaired) electrons. The fourth-order valence-corrected chi connectivity index (χ4v) is 3.32. The van der Waals surface area contributed by atoms with Gasteiger partial charge in [0.05, 0.1) is 6.54 Å². The molecule has 96 valence electrons. The van der Waals surface area contributed by atoms with Crippen molar-refractivity contribution in [3.8, 4) is 0 Å². The van der Waals surface area contributed by atoms with Gasteiger partial charge in [0.25, 0.3) is 0 Å². The van der Waals surface area contributed by atoms with Crippen molar-refractivity contribution in [1.82, 2.24) is 15.1 Å². The highest BCUT2D eigenvalue weighted by Crippen LogP contribution is 2.25. The van der Waals surface area contributed by atoms with Gasteiger partial charge in [-0.1, -0.05) is 31.1 Å². The maximum absolute atomic E-state index is 4.26. The van der Waals surface area contributed by atoms with Crippen molar-refractivity contribution in [1.29, 1.82) is 0 Å². The Morgan fingerprint density at radius 1 is 1.29 bits per heavy atom. The number of rotatable bonds is 6. The molecule has 0 spiro atoms. The van der Waals surface area contributed by atoms with Gasteiger partial charge in [0, 0.05) is 12.6 Å². The monoisotopic (exact) mass is 254 g/mol. The lowest BCUT2D eigenvalue weighted by Crippen LogP contribution is -2.32. The fraction of sp³-hybridized carbons (Fsp3) is 0.833. The number of aromatic nitrogens is 2. The molecule has 1 saturated carbocycles. The van der Waals surface area contributed by atoms with Gasteiger partial charge >= 0.3 is 0 Å². The van der Waals surface area contributed by atoms with E-state index < -0.39 is 0 Å². The zero-order chi connectivity index (χ0) is 12.1. The van der Waals surface area contributed by atoms with E-state index in [0.29, 0.717) is 0 Å². The Balaban J connectivity index is 1.92. The van der Waals surface area contributed by atoms with Crippen LogP contribution in [0.5, 0.6) is 0 Å². The molecule has 1 aliphatic carbocycles. The van der Waals surface area contributed by atoms with Gasteiger partial charge in [-0.05, 0) is 26.3 Å². The third-order valence-corrected chi connectivity index (χ3v) is 4.25. The normalized spacial score (nSPS) is 16.9. The zero-order valence-electron chi connectivity index (χ0n) is 10.8. The Hall–Kier alpha value is -0.680. The smallest absolute Gasteiger partial charge is 0.205 e. The number of hydrogen-bond acceptors (Lipinski definition) is 5. The summed E-state index contributed by atoms with van der Waals surface area (Å²) in [7, 11) is 0. The minimum absolute atomic E-state index is 0.770. The molecule has 0 atom stereocenters. The molecule has 5 heteroatoms. The number of hydrogen-bond donors (Lipinski definition) is 1. The second kappa shape index (κ2) is 6.31. The van der Waals surface area contributed by atoms with Gasteiger partial charge in [0.1, 0.15) is 5.01 Å². The first-order valence-corrected chi connectivity index (χ1v) is 7.45. The molecule has 0 bridgehead atoms. The summed E-state index contributed by atoms with van der Waals surface area (Å²) in [6.07, 6.45) is 5.49. The molecular weight excluding hydrogens is 232 g/mol. The largest absolute Gasteiger partial charge is 0.360 e. The summed E-state index contributed by atoms with van der Waals surface area (Å²) in [4.78, 5) is 2.54. The van der Waals surface area contributed by atoms with Crippen molar-refractivity contribution in [2.45, 2.75) is 52.1 Å². The Labute approximate surface area is 107 Å². The van der Waals surface area contributed by atoms with Crippen LogP contribution in [0.25, 0.3) is 0 Å². The standard InChI is InChI=1S/C12H22N4S/c1-3-13-12-15-14-11(17-12)9-16(4-2)10-7-5-6-8-10/h10H,3-9H2,1-2H3,(H,13,15). The van der Waals surface area contributed by atoms with Crippen molar-refractivity contribution < 1.29 is 0 Å². The third-order valence-electron chi connectivity index (χ3n) is 3.38. The lowest BCUT2D eigenvalue weighted by Gasteiger charge is -2.25. The van der Waals surface area contributed by atoms with Crippen molar-refractivity contribution >= 4 is 16.5 Å². The molecule has 1 fully saturated rings. The van der Waals surface area contributed by atoms with Crippen molar-refractivity contribution in [2.75, 3.05) is 18.4 Å². The van der Waals surface area contributed by atoms with Crippen LogP contribution in [0.15, 0.2) is 0 Å². The summed E-state index contributed by atoms with van der Waals surface area (Å²) in [5.41, 5.74) is 0. The van der Waals surface area contributed by atoms with Crippen molar-refractivity contribution in [2.24, 2.45) is 0 Å². The van der Waals surface area contributed by atoms with E-state index >= 15 is 0 Å². The van der Waals surface area contributed by atoms with Gasteiger partial charge in [-0.2, -0.15) is 0 Å². The highest BCUT2D eigenvalue weighted by Gasteiger charge is 2.22. The first kappa shape index (κ1) is 12.8. The van der Waals surface area contributed by atoms with Crippen LogP contribution >= 0.6 is 11.3 Å². The van der Waals surface area contributed by atoms with E-state index in [-0.39, 0.29) is 0 Å². The Morgan fingerprint density at radius 3 is 2.71 bits per heavy atom. The molecule has 2 rings (SSSR count). The molecule has 0 aliphatic heterocycles. The van der Waals surface area contributed by atoms with E-state index in [4.69, 9.17) is 0 Å². The van der Waals surface area contributed by atoms with Gasteiger partial charge in [-0.25, -0.2) is 0 Å². The molecule has 0 unspecified atom stereocenters. The minimum atomic E-state index is 0.770. The first-order chi connectivity index (χ1) is 8.33. The summed E-state index contributed by atoms with van der Waals surface area (Å²) in [6.45, 7) is 7.31. The van der Waals surface area contributed by atoms with Crippen LogP contribution in [-0.4, -0.2) is 34.2 Å². The van der Waals surface area contributed by atoms with Crippen LogP contribution in [0, 0.1) is 0 Å². The van der Waals surface area contributed by atoms with E-state index in [1.54, 1.807) is 11.3 Å². The summed E-state index contributed by atoms with van der Waals surface area (Å²) in [6, 6.07) is 0.770. The van der Waals surface area contributed by atoms with Gasteiger partial charge in [-0.3, -0.25) is 4.90 Å². The fourth-order valence-electron chi connectivity index (χ4n) is 2.48. The van der Waals surface area contributed by atoms with E-state index in [0.717, 1.165) is 35.8 Å². The predicted molar refractivity (Wildman–Crippen MR) is 72.4 cm³/mol. The van der Waals surface area contributed by atoms with E-state index in [2.05, 4.69) is 34.3 Å². The summed E-state index contributed by atoms with van der Waals surface area (Å²) in [5.74, 6) is 0. The highest BCUT2D eigenvalue weighted by molar-refractivity contribution is 7.15. The molecule has 17 heavy (non-hydrogen) atoms. The maximum atomic E-state index is 4.26. The summed E-state index contributed by atoms with van der Waals surface area (Å²) >= 11 is 1.68. The van der Waals surface area contributed by atoms with Gasteiger partial charge in [0.15, 0.2) is 0 Å². The summed E-state index contributed by atoms with van der Waals surface area (Å²) in [5, 5.41) is 13.7. The van der Waals surface area contributed by atoms with E-state index in [1.165, 1.54) is 25.7 Å². The van der Waals surface area contributed by atoms with Crippen LogP contribution in [0.2, 0.25) is 0 Å². The molecular formula is C12H22N4S. The minimum Gasteiger partial charge on any atom is -0.360 e.